The van der Waals surface area contributed by atoms with Gasteiger partial charge in [-0.2, -0.15) is 0 Å². The van der Waals surface area contributed by atoms with Gasteiger partial charge in [-0.05, 0) is 82.9 Å². The standard InChI is InChI=1S/C46H48O17/c1-54-34-17-24(5-11-30(34)47)7-15-39(50)58-23-38-41(52)45(63-40(51)16-8-25-6-12-31(48)35(18-25)55-2)42(53)46(62-38)61-33-14-10-27(20-37(33)57-4)44-29-22-59-43(28(29)21-60-44)26-9-13-32(49)36(19-26)56-3/h5-20,28-29,38,41-49,52-53H,21-23H2,1-4H3/b15-7+,16-8+/t28-,29-,38-,41-,42-,43+,44+,45+,46-/m1/s1. The van der Waals surface area contributed by atoms with E-state index < -0.39 is 49.3 Å². The second kappa shape index (κ2) is 19.7. The van der Waals surface area contributed by atoms with Crippen LogP contribution < -0.4 is 23.7 Å². The summed E-state index contributed by atoms with van der Waals surface area (Å²) in [6.07, 6.45) is -3.72. The number of hydrogen-bond donors (Lipinski definition) is 5. The molecule has 3 aliphatic rings. The summed E-state index contributed by atoms with van der Waals surface area (Å²) in [6, 6.07) is 19.1. The molecule has 9 atom stereocenters. The average Bonchev–Trinajstić information content (AvgIpc) is 3.91. The maximum absolute atomic E-state index is 13.1. The maximum atomic E-state index is 13.1. The third-order valence-electron chi connectivity index (χ3n) is 11.1. The van der Waals surface area contributed by atoms with E-state index in [0.717, 1.165) is 23.3 Å². The molecule has 0 bridgehead atoms. The van der Waals surface area contributed by atoms with Gasteiger partial charge in [-0.15, -0.1) is 0 Å². The van der Waals surface area contributed by atoms with Gasteiger partial charge in [-0.25, -0.2) is 9.59 Å². The van der Waals surface area contributed by atoms with Crippen LogP contribution in [0.3, 0.4) is 0 Å². The van der Waals surface area contributed by atoms with Crippen molar-refractivity contribution in [1.82, 2.24) is 0 Å². The molecule has 0 spiro atoms. The van der Waals surface area contributed by atoms with E-state index in [-0.39, 0.29) is 64.3 Å². The van der Waals surface area contributed by atoms with Crippen LogP contribution in [0.15, 0.2) is 84.9 Å². The summed E-state index contributed by atoms with van der Waals surface area (Å²) < 4.78 is 56.9. The van der Waals surface area contributed by atoms with Crippen molar-refractivity contribution in [3.63, 3.8) is 0 Å². The van der Waals surface area contributed by atoms with Crippen molar-refractivity contribution in [2.45, 2.75) is 42.9 Å². The molecule has 3 fully saturated rings. The number of fused-ring (bicyclic) bond motifs is 1. The van der Waals surface area contributed by atoms with Crippen LogP contribution >= 0.6 is 0 Å². The summed E-state index contributed by atoms with van der Waals surface area (Å²) in [5.41, 5.74) is 2.63. The molecule has 4 aromatic rings. The Balaban J connectivity index is 1.07. The quantitative estimate of drug-likeness (QED) is 0.0811. The molecular formula is C46H48O17. The summed E-state index contributed by atoms with van der Waals surface area (Å²) in [6.45, 7) is 0.282. The molecule has 3 saturated heterocycles. The minimum atomic E-state index is -1.77. The first-order valence-electron chi connectivity index (χ1n) is 19.8. The Bertz CT molecular complexity index is 2330. The number of ether oxygens (including phenoxy) is 10. The molecule has 0 saturated carbocycles. The Morgan fingerprint density at radius 2 is 1.11 bits per heavy atom. The SMILES string of the molecule is COc1cc(/C=C/C(=O)OC[C@H]2O[C@@H](Oc3ccc([C@@H]4OC[C@@H]5[C@H]4CO[C@H]5c4ccc(O)c(OC)c4)cc3OC)[C@H](O)[C@@H](OC(=O)/C=C/c3ccc(O)c(OC)c3)[C@@H]2O)ccc1O. The van der Waals surface area contributed by atoms with Crippen molar-refractivity contribution in [2.24, 2.45) is 11.8 Å². The van der Waals surface area contributed by atoms with Crippen LogP contribution in [0.2, 0.25) is 0 Å². The van der Waals surface area contributed by atoms with Gasteiger partial charge < -0.3 is 72.9 Å². The molecule has 0 radical (unpaired) electrons. The molecule has 17 heteroatoms. The Kier molecular flexibility index (Phi) is 13.9. The number of phenolic OH excluding ortho intramolecular Hbond substituents is 3. The Morgan fingerprint density at radius 3 is 1.67 bits per heavy atom. The molecule has 3 aliphatic heterocycles. The van der Waals surface area contributed by atoms with Crippen molar-refractivity contribution in [3.05, 3.63) is 107 Å². The summed E-state index contributed by atoms with van der Waals surface area (Å²) in [5, 5.41) is 52.8. The van der Waals surface area contributed by atoms with E-state index in [1.165, 1.54) is 70.9 Å². The summed E-state index contributed by atoms with van der Waals surface area (Å²) in [7, 11) is 5.68. The fraction of sp³-hybridized carbons (Fsp3) is 0.348. The van der Waals surface area contributed by atoms with Crippen LogP contribution in [0, 0.1) is 11.8 Å². The van der Waals surface area contributed by atoms with Gasteiger partial charge in [0, 0.05) is 24.0 Å². The Morgan fingerprint density at radius 1 is 0.619 bits per heavy atom. The minimum Gasteiger partial charge on any atom is -0.504 e. The second-order valence-corrected chi connectivity index (χ2v) is 14.9. The molecule has 0 aliphatic carbocycles. The fourth-order valence-corrected chi connectivity index (χ4v) is 7.78. The van der Waals surface area contributed by atoms with Crippen LogP contribution in [-0.2, 0) is 33.3 Å². The monoisotopic (exact) mass is 872 g/mol. The number of esters is 2. The molecule has 0 amide bonds. The summed E-state index contributed by atoms with van der Waals surface area (Å²) in [5.74, 6) is -0.831. The van der Waals surface area contributed by atoms with Gasteiger partial charge in [-0.1, -0.05) is 24.3 Å². The van der Waals surface area contributed by atoms with Crippen molar-refractivity contribution in [3.8, 4) is 46.0 Å². The van der Waals surface area contributed by atoms with E-state index >= 15 is 0 Å². The molecule has 0 unspecified atom stereocenters. The normalized spacial score (nSPS) is 25.4. The first-order valence-corrected chi connectivity index (χ1v) is 19.8. The highest BCUT2D eigenvalue weighted by Crippen LogP contribution is 2.51. The van der Waals surface area contributed by atoms with Crippen LogP contribution in [0.1, 0.15) is 34.5 Å². The van der Waals surface area contributed by atoms with E-state index in [0.29, 0.717) is 30.1 Å². The lowest BCUT2D eigenvalue weighted by Gasteiger charge is -2.41. The maximum Gasteiger partial charge on any atom is 0.331 e. The van der Waals surface area contributed by atoms with E-state index in [4.69, 9.17) is 47.4 Å². The Hall–Kier alpha value is -6.50. The minimum absolute atomic E-state index is 0.0136. The zero-order valence-electron chi connectivity index (χ0n) is 34.7. The van der Waals surface area contributed by atoms with E-state index in [2.05, 4.69) is 0 Å². The van der Waals surface area contributed by atoms with Crippen LogP contribution in [0.5, 0.6) is 46.0 Å². The zero-order valence-corrected chi connectivity index (χ0v) is 34.7. The molecule has 63 heavy (non-hydrogen) atoms. The van der Waals surface area contributed by atoms with Gasteiger partial charge >= 0.3 is 11.9 Å². The molecule has 0 aromatic heterocycles. The zero-order chi connectivity index (χ0) is 44.8. The van der Waals surface area contributed by atoms with Crippen molar-refractivity contribution >= 4 is 24.1 Å². The number of aliphatic hydroxyl groups excluding tert-OH is 2. The van der Waals surface area contributed by atoms with Gasteiger partial charge in [0.25, 0.3) is 0 Å². The van der Waals surface area contributed by atoms with Crippen molar-refractivity contribution in [1.29, 1.82) is 0 Å². The number of phenols is 3. The predicted octanol–water partition coefficient (Wildman–Crippen LogP) is 4.62. The topological polar surface area (TPSA) is 228 Å². The number of aliphatic hydroxyl groups is 2. The number of methoxy groups -OCH3 is 4. The summed E-state index contributed by atoms with van der Waals surface area (Å²) >= 11 is 0. The molecule has 5 N–H and O–H groups in total. The number of rotatable bonds is 15. The van der Waals surface area contributed by atoms with Gasteiger partial charge in [0.15, 0.2) is 58.2 Å². The third-order valence-corrected chi connectivity index (χ3v) is 11.1. The molecule has 7 rings (SSSR count). The van der Waals surface area contributed by atoms with Crippen LogP contribution in [0.25, 0.3) is 12.2 Å². The lowest BCUT2D eigenvalue weighted by Crippen LogP contribution is -2.61. The van der Waals surface area contributed by atoms with Crippen LogP contribution in [0.4, 0.5) is 0 Å². The van der Waals surface area contributed by atoms with Crippen molar-refractivity contribution in [2.75, 3.05) is 48.3 Å². The third kappa shape index (κ3) is 9.93. The first-order chi connectivity index (χ1) is 30.4. The van der Waals surface area contributed by atoms with E-state index in [9.17, 15) is 35.1 Å². The molecule has 4 aromatic carbocycles. The average molecular weight is 873 g/mol. The highest BCUT2D eigenvalue weighted by Gasteiger charge is 2.50. The molecule has 3 heterocycles. The van der Waals surface area contributed by atoms with Gasteiger partial charge in [0.05, 0.1) is 53.9 Å². The summed E-state index contributed by atoms with van der Waals surface area (Å²) in [4.78, 5) is 26.0. The highest BCUT2D eigenvalue weighted by atomic mass is 16.7. The van der Waals surface area contributed by atoms with Crippen molar-refractivity contribution < 1.29 is 82.5 Å². The first kappa shape index (κ1) is 44.6. The molecule has 334 valence electrons. The second-order valence-electron chi connectivity index (χ2n) is 14.9. The van der Waals surface area contributed by atoms with Gasteiger partial charge in [0.1, 0.15) is 18.8 Å². The highest BCUT2D eigenvalue weighted by molar-refractivity contribution is 5.88. The van der Waals surface area contributed by atoms with Crippen LogP contribution in [-0.4, -0.2) is 116 Å². The lowest BCUT2D eigenvalue weighted by molar-refractivity contribution is -0.281. The fourth-order valence-electron chi connectivity index (χ4n) is 7.78. The van der Waals surface area contributed by atoms with Gasteiger partial charge in [0.2, 0.25) is 6.29 Å². The number of carbonyl (C=O) groups is 2. The largest absolute Gasteiger partial charge is 0.504 e. The van der Waals surface area contributed by atoms with E-state index in [1.807, 2.05) is 0 Å². The predicted molar refractivity (Wildman–Crippen MR) is 222 cm³/mol. The number of hydrogen-bond acceptors (Lipinski definition) is 17. The lowest BCUT2D eigenvalue weighted by atomic mass is 9.85. The molecule has 17 nitrogen and oxygen atoms in total. The van der Waals surface area contributed by atoms with E-state index in [1.54, 1.807) is 42.5 Å². The van der Waals surface area contributed by atoms with Gasteiger partial charge in [-0.3, -0.25) is 0 Å². The number of benzene rings is 4. The number of aromatic hydroxyl groups is 3. The molecular weight excluding hydrogens is 824 g/mol. The smallest absolute Gasteiger partial charge is 0.331 e. The Labute approximate surface area is 362 Å². The number of carbonyl (C=O) groups excluding carboxylic acids is 2.